The lowest BCUT2D eigenvalue weighted by Gasteiger charge is -2.52. The van der Waals surface area contributed by atoms with E-state index in [2.05, 4.69) is 0 Å². The Kier molecular flexibility index (Phi) is 3.89. The van der Waals surface area contributed by atoms with Crippen LogP contribution < -0.4 is 4.90 Å². The molecule has 1 aliphatic heterocycles. The van der Waals surface area contributed by atoms with Gasteiger partial charge in [0.05, 0.1) is 22.9 Å². The molecule has 1 saturated heterocycles. The van der Waals surface area contributed by atoms with Crippen LogP contribution in [0.15, 0.2) is 72.8 Å². The van der Waals surface area contributed by atoms with E-state index in [1.807, 2.05) is 79.7 Å². The lowest BCUT2D eigenvalue weighted by Crippen LogP contribution is -2.57. The maximum Gasteiger partial charge on any atom is 0.239 e. The van der Waals surface area contributed by atoms with E-state index in [9.17, 15) is 14.4 Å². The van der Waals surface area contributed by atoms with Gasteiger partial charge in [-0.25, -0.2) is 4.90 Å². The Morgan fingerprint density at radius 1 is 0.844 bits per heavy atom. The van der Waals surface area contributed by atoms with E-state index < -0.39 is 17.3 Å². The summed E-state index contributed by atoms with van der Waals surface area (Å²) in [5.41, 5.74) is 4.20. The van der Waals surface area contributed by atoms with Crippen LogP contribution in [0.25, 0.3) is 0 Å². The fourth-order valence-electron chi connectivity index (χ4n) is 6.64. The van der Waals surface area contributed by atoms with E-state index in [-0.39, 0.29) is 23.5 Å². The van der Waals surface area contributed by atoms with Crippen LogP contribution >= 0.6 is 0 Å². The van der Waals surface area contributed by atoms with Gasteiger partial charge in [-0.1, -0.05) is 73.7 Å². The number of aryl methyl sites for hydroxylation is 1. The van der Waals surface area contributed by atoms with Crippen molar-refractivity contribution in [1.29, 1.82) is 0 Å². The van der Waals surface area contributed by atoms with Gasteiger partial charge in [0.1, 0.15) is 5.78 Å². The number of hydrogen-bond acceptors (Lipinski definition) is 3. The van der Waals surface area contributed by atoms with Crippen LogP contribution in [0.3, 0.4) is 0 Å². The van der Waals surface area contributed by atoms with Gasteiger partial charge in [0, 0.05) is 5.92 Å². The average Bonchev–Trinajstić information content (AvgIpc) is 3.09. The second kappa shape index (κ2) is 6.49. The third-order valence-electron chi connectivity index (χ3n) is 7.79. The Labute approximate surface area is 186 Å². The number of anilines is 1. The van der Waals surface area contributed by atoms with Gasteiger partial charge < -0.3 is 0 Å². The van der Waals surface area contributed by atoms with Crippen LogP contribution in [0.4, 0.5) is 5.69 Å². The first-order valence-corrected chi connectivity index (χ1v) is 11.2. The summed E-state index contributed by atoms with van der Waals surface area (Å²) in [6.45, 7) is 3.58. The predicted molar refractivity (Wildman–Crippen MR) is 121 cm³/mol. The molecule has 0 spiro atoms. The summed E-state index contributed by atoms with van der Waals surface area (Å²) in [7, 11) is 0. The molecular weight excluding hydrogens is 398 g/mol. The van der Waals surface area contributed by atoms with E-state index in [4.69, 9.17) is 0 Å². The molecule has 3 aliphatic carbocycles. The fourth-order valence-corrected chi connectivity index (χ4v) is 6.64. The van der Waals surface area contributed by atoms with Crippen molar-refractivity contribution in [2.75, 3.05) is 4.90 Å². The zero-order valence-corrected chi connectivity index (χ0v) is 18.0. The quantitative estimate of drug-likeness (QED) is 0.590. The molecule has 7 rings (SSSR count). The third kappa shape index (κ3) is 2.05. The highest BCUT2D eigenvalue weighted by Gasteiger charge is 2.70. The Bertz CT molecular complexity index is 1280. The highest BCUT2D eigenvalue weighted by atomic mass is 16.2. The molecular formula is C28H23NO3. The molecule has 2 bridgehead atoms. The molecule has 4 aliphatic rings. The molecule has 158 valence electrons. The maximum atomic E-state index is 14.1. The predicted octanol–water partition coefficient (Wildman–Crippen LogP) is 4.39. The van der Waals surface area contributed by atoms with Gasteiger partial charge in [-0.2, -0.15) is 0 Å². The minimum absolute atomic E-state index is 0.0858. The molecule has 1 heterocycles. The number of carbonyl (C=O) groups excluding carboxylic acids is 3. The van der Waals surface area contributed by atoms with Gasteiger partial charge >= 0.3 is 0 Å². The Morgan fingerprint density at radius 2 is 1.41 bits per heavy atom. The van der Waals surface area contributed by atoms with Gasteiger partial charge in [0.25, 0.3) is 0 Å². The van der Waals surface area contributed by atoms with Gasteiger partial charge in [-0.3, -0.25) is 14.4 Å². The molecule has 2 atom stereocenters. The lowest BCUT2D eigenvalue weighted by molar-refractivity contribution is -0.132. The minimum atomic E-state index is -1.14. The number of imide groups is 1. The van der Waals surface area contributed by atoms with Crippen molar-refractivity contribution >= 4 is 23.3 Å². The number of ketones is 1. The molecule has 3 aromatic carbocycles. The Balaban J connectivity index is 1.67. The lowest BCUT2D eigenvalue weighted by atomic mass is 9.46. The van der Waals surface area contributed by atoms with E-state index in [1.54, 1.807) is 6.92 Å². The molecule has 2 unspecified atom stereocenters. The molecule has 0 saturated carbocycles. The van der Waals surface area contributed by atoms with Gasteiger partial charge in [0.2, 0.25) is 11.8 Å². The second-order valence-corrected chi connectivity index (χ2v) is 9.01. The molecule has 0 N–H and O–H groups in total. The summed E-state index contributed by atoms with van der Waals surface area (Å²) in [5.74, 6) is -2.08. The highest BCUT2D eigenvalue weighted by Crippen LogP contribution is 2.64. The van der Waals surface area contributed by atoms with Crippen molar-refractivity contribution in [2.45, 2.75) is 31.6 Å². The third-order valence-corrected chi connectivity index (χ3v) is 7.79. The van der Waals surface area contributed by atoms with Crippen molar-refractivity contribution in [2.24, 2.45) is 11.8 Å². The molecule has 0 radical (unpaired) electrons. The number of hydrogen-bond donors (Lipinski definition) is 0. The molecule has 1 fully saturated rings. The number of para-hydroxylation sites is 1. The largest absolute Gasteiger partial charge is 0.299 e. The molecule has 3 aromatic rings. The second-order valence-electron chi connectivity index (χ2n) is 9.01. The van der Waals surface area contributed by atoms with Crippen LogP contribution in [0.2, 0.25) is 0 Å². The Morgan fingerprint density at radius 3 is 2.00 bits per heavy atom. The van der Waals surface area contributed by atoms with Crippen LogP contribution in [0, 0.1) is 11.8 Å². The van der Waals surface area contributed by atoms with Gasteiger partial charge in [-0.15, -0.1) is 0 Å². The summed E-state index contributed by atoms with van der Waals surface area (Å²) in [5, 5.41) is 0. The van der Waals surface area contributed by atoms with Crippen molar-refractivity contribution in [3.05, 3.63) is 101 Å². The number of carbonyl (C=O) groups is 3. The van der Waals surface area contributed by atoms with Crippen LogP contribution in [0.5, 0.6) is 0 Å². The summed E-state index contributed by atoms with van der Waals surface area (Å²) in [4.78, 5) is 43.0. The minimum Gasteiger partial charge on any atom is -0.299 e. The van der Waals surface area contributed by atoms with E-state index >= 15 is 0 Å². The van der Waals surface area contributed by atoms with Crippen molar-refractivity contribution < 1.29 is 14.4 Å². The SMILES string of the molecule is CCc1ccccc1N1C(=O)C2C3c4ccccc4C(C(C)=O)(c4ccccc43)C2C1=O. The first kappa shape index (κ1) is 19.2. The van der Waals surface area contributed by atoms with Gasteiger partial charge in [0.15, 0.2) is 0 Å². The van der Waals surface area contributed by atoms with Crippen LogP contribution in [-0.2, 0) is 26.2 Å². The molecule has 0 aromatic heterocycles. The maximum absolute atomic E-state index is 14.1. The fraction of sp³-hybridized carbons (Fsp3) is 0.250. The first-order valence-electron chi connectivity index (χ1n) is 11.2. The van der Waals surface area contributed by atoms with Gasteiger partial charge in [-0.05, 0) is 47.2 Å². The van der Waals surface area contributed by atoms with Crippen molar-refractivity contribution in [3.63, 3.8) is 0 Å². The normalized spacial score (nSPS) is 27.2. The monoisotopic (exact) mass is 421 g/mol. The standard InChI is InChI=1S/C28H23NO3/c1-3-17-10-4-9-15-22(17)29-26(31)24-23-18-11-5-7-13-20(18)28(16(2)30,25(24)27(29)32)21-14-8-6-12-19(21)23/h4-15,23-25H,3H2,1-2H3. The van der Waals surface area contributed by atoms with Crippen LogP contribution in [0.1, 0.15) is 47.6 Å². The first-order chi connectivity index (χ1) is 15.5. The summed E-state index contributed by atoms with van der Waals surface area (Å²) in [6.07, 6.45) is 0.713. The van der Waals surface area contributed by atoms with Crippen LogP contribution in [-0.4, -0.2) is 17.6 Å². The molecule has 2 amide bonds. The number of benzene rings is 3. The van der Waals surface area contributed by atoms with E-state index in [1.165, 1.54) is 4.90 Å². The zero-order chi connectivity index (χ0) is 22.2. The smallest absolute Gasteiger partial charge is 0.239 e. The molecule has 4 nitrogen and oxygen atoms in total. The number of amides is 2. The topological polar surface area (TPSA) is 54.5 Å². The summed E-state index contributed by atoms with van der Waals surface area (Å²) in [6, 6.07) is 23.3. The average molecular weight is 421 g/mol. The highest BCUT2D eigenvalue weighted by molar-refractivity contribution is 6.25. The summed E-state index contributed by atoms with van der Waals surface area (Å²) >= 11 is 0. The summed E-state index contributed by atoms with van der Waals surface area (Å²) < 4.78 is 0. The van der Waals surface area contributed by atoms with E-state index in [0.29, 0.717) is 12.1 Å². The molecule has 32 heavy (non-hydrogen) atoms. The zero-order valence-electron chi connectivity index (χ0n) is 18.0. The van der Waals surface area contributed by atoms with E-state index in [0.717, 1.165) is 27.8 Å². The number of nitrogens with zero attached hydrogens (tertiary/aromatic N) is 1. The number of rotatable bonds is 3. The Hall–Kier alpha value is -3.53. The molecule has 4 heteroatoms. The van der Waals surface area contributed by atoms with Crippen molar-refractivity contribution in [1.82, 2.24) is 0 Å². The van der Waals surface area contributed by atoms with Crippen molar-refractivity contribution in [3.8, 4) is 0 Å². The number of Topliss-reactive ketones (excluding diaryl/α,β-unsaturated/α-hetero) is 1.